The molecule has 0 spiro atoms. The van der Waals surface area contributed by atoms with Gasteiger partial charge in [0.1, 0.15) is 6.04 Å². The molecule has 1 atom stereocenters. The summed E-state index contributed by atoms with van der Waals surface area (Å²) in [5.74, 6) is -0.441. The number of amides is 2. The maximum Gasteiger partial charge on any atom is 0.249 e. The lowest BCUT2D eigenvalue weighted by atomic mass is 10.1. The normalized spacial score (nSPS) is 19.5. The largest absolute Gasteiger partial charge is 0.374 e. The number of aryl methyl sites for hydroxylation is 1. The average molecular weight is 257 g/mol. The second kappa shape index (κ2) is 4.42. The summed E-state index contributed by atoms with van der Waals surface area (Å²) >= 11 is 0. The molecule has 0 aliphatic carbocycles. The molecular formula is C14H15N3O2. The summed E-state index contributed by atoms with van der Waals surface area (Å²) in [4.78, 5) is 22.8. The highest BCUT2D eigenvalue weighted by molar-refractivity contribution is 6.01. The number of rotatable bonds is 2. The minimum absolute atomic E-state index is 0.194. The van der Waals surface area contributed by atoms with E-state index in [2.05, 4.69) is 10.6 Å². The second-order valence-corrected chi connectivity index (χ2v) is 4.85. The van der Waals surface area contributed by atoms with Gasteiger partial charge in [-0.15, -0.1) is 0 Å². The molecule has 3 rings (SSSR count). The Balaban J connectivity index is 1.83. The standard InChI is InChI=1S/C14H15N3O2/c1-17-7-6-9-2-3-10(8-12(9)17)15-11-4-5-13(18)16-14(11)19/h2-3,6-8,11,15H,4-5H2,1H3,(H,16,18,19). The predicted octanol–water partition coefficient (Wildman–Crippen LogP) is 1.40. The van der Waals surface area contributed by atoms with Crippen LogP contribution in [0.25, 0.3) is 10.9 Å². The Hall–Kier alpha value is -2.30. The Morgan fingerprint density at radius 2 is 2.16 bits per heavy atom. The van der Waals surface area contributed by atoms with E-state index >= 15 is 0 Å². The minimum Gasteiger partial charge on any atom is -0.374 e. The Labute approximate surface area is 110 Å². The van der Waals surface area contributed by atoms with Crippen molar-refractivity contribution in [3.63, 3.8) is 0 Å². The molecule has 2 aromatic rings. The first-order chi connectivity index (χ1) is 9.13. The molecule has 2 amide bonds. The van der Waals surface area contributed by atoms with Gasteiger partial charge in [0.2, 0.25) is 11.8 Å². The first-order valence-corrected chi connectivity index (χ1v) is 6.29. The zero-order valence-corrected chi connectivity index (χ0v) is 10.6. The predicted molar refractivity (Wildman–Crippen MR) is 72.7 cm³/mol. The van der Waals surface area contributed by atoms with E-state index in [4.69, 9.17) is 0 Å². The molecule has 5 nitrogen and oxygen atoms in total. The number of carbonyl (C=O) groups is 2. The molecule has 2 N–H and O–H groups in total. The van der Waals surface area contributed by atoms with Gasteiger partial charge >= 0.3 is 0 Å². The first-order valence-electron chi connectivity index (χ1n) is 6.29. The van der Waals surface area contributed by atoms with Crippen molar-refractivity contribution in [1.29, 1.82) is 0 Å². The highest BCUT2D eigenvalue weighted by atomic mass is 16.2. The zero-order valence-electron chi connectivity index (χ0n) is 10.6. The van der Waals surface area contributed by atoms with Crippen LogP contribution in [0.3, 0.4) is 0 Å². The molecule has 98 valence electrons. The first kappa shape index (κ1) is 11.8. The summed E-state index contributed by atoms with van der Waals surface area (Å²) in [7, 11) is 1.98. The third-order valence-corrected chi connectivity index (χ3v) is 3.47. The van der Waals surface area contributed by atoms with Gasteiger partial charge in [-0.2, -0.15) is 0 Å². The van der Waals surface area contributed by atoms with Crippen LogP contribution in [-0.4, -0.2) is 22.4 Å². The van der Waals surface area contributed by atoms with Gasteiger partial charge in [0.25, 0.3) is 0 Å². The molecule has 2 heterocycles. The van der Waals surface area contributed by atoms with Crippen molar-refractivity contribution >= 4 is 28.4 Å². The Bertz CT molecular complexity index is 660. The number of aromatic nitrogens is 1. The van der Waals surface area contributed by atoms with Crippen molar-refractivity contribution < 1.29 is 9.59 Å². The molecule has 5 heteroatoms. The minimum atomic E-state index is -0.338. The quantitative estimate of drug-likeness (QED) is 0.799. The van der Waals surface area contributed by atoms with Gasteiger partial charge in [0, 0.05) is 30.9 Å². The van der Waals surface area contributed by atoms with Gasteiger partial charge in [-0.25, -0.2) is 0 Å². The van der Waals surface area contributed by atoms with E-state index in [0.717, 1.165) is 16.6 Å². The molecule has 0 bridgehead atoms. The van der Waals surface area contributed by atoms with Crippen LogP contribution in [0.2, 0.25) is 0 Å². The van der Waals surface area contributed by atoms with Crippen molar-refractivity contribution in [2.45, 2.75) is 18.9 Å². The zero-order chi connectivity index (χ0) is 13.4. The van der Waals surface area contributed by atoms with E-state index in [-0.39, 0.29) is 17.9 Å². The molecule has 1 unspecified atom stereocenters. The van der Waals surface area contributed by atoms with Crippen LogP contribution in [0, 0.1) is 0 Å². The van der Waals surface area contributed by atoms with Gasteiger partial charge in [-0.1, -0.05) is 6.07 Å². The number of nitrogens with one attached hydrogen (secondary N) is 2. The lowest BCUT2D eigenvalue weighted by Crippen LogP contribution is -2.47. The summed E-state index contributed by atoms with van der Waals surface area (Å²) in [6.45, 7) is 0. The number of benzene rings is 1. The Kier molecular flexibility index (Phi) is 2.74. The van der Waals surface area contributed by atoms with Crippen LogP contribution in [-0.2, 0) is 16.6 Å². The van der Waals surface area contributed by atoms with Gasteiger partial charge in [0.05, 0.1) is 0 Å². The van der Waals surface area contributed by atoms with Crippen molar-refractivity contribution in [2.24, 2.45) is 7.05 Å². The summed E-state index contributed by atoms with van der Waals surface area (Å²) < 4.78 is 2.03. The van der Waals surface area contributed by atoms with E-state index in [0.29, 0.717) is 12.8 Å². The number of fused-ring (bicyclic) bond motifs is 1. The van der Waals surface area contributed by atoms with Crippen LogP contribution in [0.1, 0.15) is 12.8 Å². The monoisotopic (exact) mass is 257 g/mol. The van der Waals surface area contributed by atoms with E-state index in [9.17, 15) is 9.59 Å². The number of hydrogen-bond acceptors (Lipinski definition) is 3. The van der Waals surface area contributed by atoms with Crippen LogP contribution < -0.4 is 10.6 Å². The second-order valence-electron chi connectivity index (χ2n) is 4.85. The van der Waals surface area contributed by atoms with Crippen molar-refractivity contribution in [1.82, 2.24) is 9.88 Å². The molecule has 1 fully saturated rings. The van der Waals surface area contributed by atoms with Crippen molar-refractivity contribution in [3.05, 3.63) is 30.5 Å². The summed E-state index contributed by atoms with van der Waals surface area (Å²) in [5, 5.41) is 6.69. The molecule has 1 aliphatic rings. The summed E-state index contributed by atoms with van der Waals surface area (Å²) in [6.07, 6.45) is 2.92. The SMILES string of the molecule is Cn1ccc2ccc(NC3CCC(=O)NC3=O)cc21. The summed E-state index contributed by atoms with van der Waals surface area (Å²) in [5.41, 5.74) is 2.00. The third-order valence-electron chi connectivity index (χ3n) is 3.47. The molecule has 0 saturated carbocycles. The van der Waals surface area contributed by atoms with Gasteiger partial charge in [0.15, 0.2) is 0 Å². The lowest BCUT2D eigenvalue weighted by molar-refractivity contribution is -0.133. The molecule has 1 saturated heterocycles. The molecule has 1 aromatic heterocycles. The fourth-order valence-corrected chi connectivity index (χ4v) is 2.38. The van der Waals surface area contributed by atoms with E-state index in [1.54, 1.807) is 0 Å². The fraction of sp³-hybridized carbons (Fsp3) is 0.286. The molecule has 1 aromatic carbocycles. The number of imide groups is 1. The fourth-order valence-electron chi connectivity index (χ4n) is 2.38. The van der Waals surface area contributed by atoms with Crippen molar-refractivity contribution in [3.8, 4) is 0 Å². The van der Waals surface area contributed by atoms with E-state index in [1.165, 1.54) is 0 Å². The van der Waals surface area contributed by atoms with Crippen LogP contribution in [0.15, 0.2) is 30.5 Å². The highest BCUT2D eigenvalue weighted by Gasteiger charge is 2.26. The number of nitrogens with zero attached hydrogens (tertiary/aromatic N) is 1. The smallest absolute Gasteiger partial charge is 0.249 e. The third kappa shape index (κ3) is 2.19. The van der Waals surface area contributed by atoms with Gasteiger partial charge in [-0.3, -0.25) is 14.9 Å². The highest BCUT2D eigenvalue weighted by Crippen LogP contribution is 2.21. The Morgan fingerprint density at radius 1 is 1.32 bits per heavy atom. The number of anilines is 1. The molecule has 0 radical (unpaired) electrons. The van der Waals surface area contributed by atoms with E-state index in [1.807, 2.05) is 42.1 Å². The number of carbonyl (C=O) groups excluding carboxylic acids is 2. The average Bonchev–Trinajstić information content (AvgIpc) is 2.75. The molecule has 1 aliphatic heterocycles. The van der Waals surface area contributed by atoms with Crippen LogP contribution in [0.5, 0.6) is 0 Å². The van der Waals surface area contributed by atoms with Gasteiger partial charge < -0.3 is 9.88 Å². The topological polar surface area (TPSA) is 63.1 Å². The van der Waals surface area contributed by atoms with E-state index < -0.39 is 0 Å². The Morgan fingerprint density at radius 3 is 2.95 bits per heavy atom. The van der Waals surface area contributed by atoms with Crippen LogP contribution in [0.4, 0.5) is 5.69 Å². The lowest BCUT2D eigenvalue weighted by Gasteiger charge is -2.22. The van der Waals surface area contributed by atoms with Crippen LogP contribution >= 0.6 is 0 Å². The number of hydrogen-bond donors (Lipinski definition) is 2. The van der Waals surface area contributed by atoms with Gasteiger partial charge in [-0.05, 0) is 30.0 Å². The van der Waals surface area contributed by atoms with Crippen molar-refractivity contribution in [2.75, 3.05) is 5.32 Å². The summed E-state index contributed by atoms with van der Waals surface area (Å²) in [6, 6.07) is 7.69. The number of piperidine rings is 1. The molecular weight excluding hydrogens is 242 g/mol. The maximum atomic E-state index is 11.7. The molecule has 19 heavy (non-hydrogen) atoms. The maximum absolute atomic E-state index is 11.7.